The molecule has 0 saturated carbocycles. The monoisotopic (exact) mass is 514 g/mol. The minimum Gasteiger partial charge on any atom is -0.348 e. The second-order valence-electron chi connectivity index (χ2n) is 9.12. The van der Waals surface area contributed by atoms with Crippen LogP contribution in [0.15, 0.2) is 60.7 Å². The molecule has 0 aliphatic carbocycles. The molecule has 3 aromatic rings. The van der Waals surface area contributed by atoms with Gasteiger partial charge in [-0.2, -0.15) is 13.2 Å². The van der Waals surface area contributed by atoms with Crippen LogP contribution in [0.3, 0.4) is 0 Å². The molecular weight excluding hydrogens is 487 g/mol. The fraction of sp³-hybridized carbons (Fsp3) is 0.333. The molecule has 37 heavy (non-hydrogen) atoms. The molecule has 0 unspecified atom stereocenters. The van der Waals surface area contributed by atoms with Crippen molar-refractivity contribution in [2.75, 3.05) is 13.2 Å². The maximum absolute atomic E-state index is 14.3. The van der Waals surface area contributed by atoms with Crippen molar-refractivity contribution in [1.82, 2.24) is 0 Å². The van der Waals surface area contributed by atoms with Crippen molar-refractivity contribution in [2.24, 2.45) is 5.92 Å². The van der Waals surface area contributed by atoms with Crippen LogP contribution in [0.1, 0.15) is 50.0 Å². The highest BCUT2D eigenvalue weighted by Gasteiger charge is 2.24. The van der Waals surface area contributed by atoms with E-state index in [1.165, 1.54) is 25.2 Å². The van der Waals surface area contributed by atoms with Gasteiger partial charge in [0.2, 0.25) is 0 Å². The van der Waals surface area contributed by atoms with Gasteiger partial charge in [-0.05, 0) is 40.8 Å². The molecule has 1 aliphatic heterocycles. The number of benzene rings is 3. The number of hydrogen-bond acceptors (Lipinski definition) is 2. The first-order chi connectivity index (χ1) is 17.7. The lowest BCUT2D eigenvalue weighted by atomic mass is 9.98. The van der Waals surface area contributed by atoms with E-state index in [1.807, 2.05) is 36.4 Å². The van der Waals surface area contributed by atoms with Crippen LogP contribution in [0.2, 0.25) is 0 Å². The van der Waals surface area contributed by atoms with E-state index in [1.54, 1.807) is 12.1 Å². The predicted octanol–water partition coefficient (Wildman–Crippen LogP) is 8.45. The average molecular weight is 515 g/mol. The van der Waals surface area contributed by atoms with Gasteiger partial charge >= 0.3 is 6.18 Å². The van der Waals surface area contributed by atoms with Crippen molar-refractivity contribution in [2.45, 2.75) is 45.1 Å². The Labute approximate surface area is 213 Å². The first kappa shape index (κ1) is 26.8. The quantitative estimate of drug-likeness (QED) is 0.179. The van der Waals surface area contributed by atoms with Crippen LogP contribution in [-0.4, -0.2) is 19.4 Å². The zero-order chi connectivity index (χ0) is 26.4. The van der Waals surface area contributed by atoms with Gasteiger partial charge in [-0.1, -0.05) is 80.6 Å². The molecule has 0 spiro atoms. The third-order valence-electron chi connectivity index (χ3n) is 6.29. The van der Waals surface area contributed by atoms with Crippen LogP contribution in [0, 0.1) is 29.4 Å². The Balaban J connectivity index is 1.41. The van der Waals surface area contributed by atoms with Crippen molar-refractivity contribution in [3.8, 4) is 34.1 Å². The van der Waals surface area contributed by atoms with E-state index in [4.69, 9.17) is 9.47 Å². The van der Waals surface area contributed by atoms with Gasteiger partial charge in [-0.3, -0.25) is 0 Å². The van der Waals surface area contributed by atoms with Crippen LogP contribution in [0.5, 0.6) is 0 Å². The Morgan fingerprint density at radius 1 is 0.784 bits per heavy atom. The maximum Gasteiger partial charge on any atom is 0.458 e. The molecule has 0 radical (unpaired) electrons. The van der Waals surface area contributed by atoms with Gasteiger partial charge in [0.15, 0.2) is 6.29 Å². The van der Waals surface area contributed by atoms with Crippen LogP contribution < -0.4 is 0 Å². The first-order valence-electron chi connectivity index (χ1n) is 12.3. The van der Waals surface area contributed by atoms with Crippen LogP contribution >= 0.6 is 0 Å². The number of rotatable bonds is 7. The molecule has 4 rings (SSSR count). The van der Waals surface area contributed by atoms with Crippen molar-refractivity contribution in [1.29, 1.82) is 0 Å². The number of halogens is 5. The Hall–Kier alpha value is -3.21. The molecule has 0 bridgehead atoms. The maximum atomic E-state index is 14.3. The standard InChI is InChI=1S/C30H27F5O2/c1-2-3-4-5-20-18-36-29(37-19-20)24-12-10-22(11-13-24)21-6-8-23(9-7-21)25-16-27(31)26(28(32)17-25)14-15-30(33,34)35/h6-13,16-17,20,29H,2-5,18-19H2,1H3. The van der Waals surface area contributed by atoms with Crippen LogP contribution in [0.25, 0.3) is 22.3 Å². The highest BCUT2D eigenvalue weighted by molar-refractivity contribution is 5.71. The third-order valence-corrected chi connectivity index (χ3v) is 6.29. The number of ether oxygens (including phenoxy) is 2. The Morgan fingerprint density at radius 2 is 1.30 bits per heavy atom. The van der Waals surface area contributed by atoms with Crippen molar-refractivity contribution in [3.05, 3.63) is 83.4 Å². The normalized spacial score (nSPS) is 17.8. The summed E-state index contributed by atoms with van der Waals surface area (Å²) in [6.07, 6.45) is -0.488. The summed E-state index contributed by atoms with van der Waals surface area (Å²) in [5.41, 5.74) is 2.59. The highest BCUT2D eigenvalue weighted by Crippen LogP contribution is 2.31. The van der Waals surface area contributed by atoms with Gasteiger partial charge in [0, 0.05) is 17.4 Å². The topological polar surface area (TPSA) is 18.5 Å². The average Bonchev–Trinajstić information content (AvgIpc) is 2.88. The van der Waals surface area contributed by atoms with E-state index >= 15 is 0 Å². The van der Waals surface area contributed by atoms with E-state index in [-0.39, 0.29) is 11.9 Å². The molecule has 7 heteroatoms. The van der Waals surface area contributed by atoms with Gasteiger partial charge in [0.1, 0.15) is 11.6 Å². The van der Waals surface area contributed by atoms with Crippen molar-refractivity contribution in [3.63, 3.8) is 0 Å². The highest BCUT2D eigenvalue weighted by atomic mass is 19.4. The number of hydrogen-bond donors (Lipinski definition) is 0. The smallest absolute Gasteiger partial charge is 0.348 e. The first-order valence-corrected chi connectivity index (χ1v) is 12.3. The fourth-order valence-corrected chi connectivity index (χ4v) is 4.27. The molecule has 194 valence electrons. The lowest BCUT2D eigenvalue weighted by Crippen LogP contribution is -2.27. The summed E-state index contributed by atoms with van der Waals surface area (Å²) in [4.78, 5) is 0. The van der Waals surface area contributed by atoms with E-state index in [0.29, 0.717) is 24.7 Å². The Kier molecular flexibility index (Phi) is 8.63. The minimum atomic E-state index is -4.83. The predicted molar refractivity (Wildman–Crippen MR) is 132 cm³/mol. The molecule has 1 fully saturated rings. The molecular formula is C30H27F5O2. The molecule has 3 aromatic carbocycles. The van der Waals surface area contributed by atoms with Crippen LogP contribution in [-0.2, 0) is 9.47 Å². The summed E-state index contributed by atoms with van der Waals surface area (Å²) in [7, 11) is 0. The third kappa shape index (κ3) is 7.18. The summed E-state index contributed by atoms with van der Waals surface area (Å²) in [6, 6.07) is 16.8. The molecule has 1 heterocycles. The zero-order valence-electron chi connectivity index (χ0n) is 20.4. The summed E-state index contributed by atoms with van der Waals surface area (Å²) < 4.78 is 77.2. The van der Waals surface area contributed by atoms with Gasteiger partial charge in [0.05, 0.1) is 18.8 Å². The van der Waals surface area contributed by atoms with E-state index in [0.717, 1.165) is 41.2 Å². The van der Waals surface area contributed by atoms with Crippen LogP contribution in [0.4, 0.5) is 22.0 Å². The number of alkyl halides is 3. The molecule has 0 aromatic heterocycles. The second kappa shape index (κ2) is 11.9. The fourth-order valence-electron chi connectivity index (χ4n) is 4.27. The van der Waals surface area contributed by atoms with Gasteiger partial charge in [0.25, 0.3) is 0 Å². The molecule has 1 saturated heterocycles. The summed E-state index contributed by atoms with van der Waals surface area (Å²) in [6.45, 7) is 3.57. The van der Waals surface area contributed by atoms with Crippen molar-refractivity contribution >= 4 is 0 Å². The number of unbranched alkanes of at least 4 members (excludes halogenated alkanes) is 2. The molecule has 0 atom stereocenters. The zero-order valence-corrected chi connectivity index (χ0v) is 20.4. The molecule has 0 N–H and O–H groups in total. The SMILES string of the molecule is CCCCCC1COC(c2ccc(-c3ccc(-c4cc(F)c(C#CC(F)(F)F)c(F)c4)cc3)cc2)OC1. The van der Waals surface area contributed by atoms with Crippen molar-refractivity contribution < 1.29 is 31.4 Å². The van der Waals surface area contributed by atoms with E-state index in [2.05, 4.69) is 6.92 Å². The largest absolute Gasteiger partial charge is 0.458 e. The molecule has 0 amide bonds. The second-order valence-corrected chi connectivity index (χ2v) is 9.12. The lowest BCUT2D eigenvalue weighted by molar-refractivity contribution is -0.206. The lowest BCUT2D eigenvalue weighted by Gasteiger charge is -2.29. The van der Waals surface area contributed by atoms with Gasteiger partial charge in [-0.15, -0.1) is 0 Å². The molecule has 2 nitrogen and oxygen atoms in total. The minimum absolute atomic E-state index is 0.203. The van der Waals surface area contributed by atoms with E-state index < -0.39 is 23.4 Å². The van der Waals surface area contributed by atoms with Gasteiger partial charge in [-0.25, -0.2) is 8.78 Å². The summed E-state index contributed by atoms with van der Waals surface area (Å²) in [5.74, 6) is 0.565. The Bertz CT molecular complexity index is 1220. The van der Waals surface area contributed by atoms with E-state index in [9.17, 15) is 22.0 Å². The van der Waals surface area contributed by atoms with Gasteiger partial charge < -0.3 is 9.47 Å². The summed E-state index contributed by atoms with van der Waals surface area (Å²) >= 11 is 0. The Morgan fingerprint density at radius 3 is 1.81 bits per heavy atom. The summed E-state index contributed by atoms with van der Waals surface area (Å²) in [5, 5.41) is 0. The molecule has 1 aliphatic rings.